The number of hydrogen-bond acceptors (Lipinski definition) is 2. The summed E-state index contributed by atoms with van der Waals surface area (Å²) in [6.07, 6.45) is 0. The number of benzene rings is 2. The first kappa shape index (κ1) is 11.6. The van der Waals surface area contributed by atoms with E-state index in [2.05, 4.69) is 0 Å². The molecule has 0 aromatic heterocycles. The van der Waals surface area contributed by atoms with Crippen molar-refractivity contribution >= 4 is 0 Å². The summed E-state index contributed by atoms with van der Waals surface area (Å²) >= 11 is 0. The van der Waals surface area contributed by atoms with Gasteiger partial charge in [0.15, 0.2) is 0 Å². The molecule has 0 saturated heterocycles. The number of rotatable bonds is 3. The molecule has 0 aliphatic carbocycles. The average molecular weight is 231 g/mol. The van der Waals surface area contributed by atoms with Gasteiger partial charge in [-0.3, -0.25) is 0 Å². The summed E-state index contributed by atoms with van der Waals surface area (Å²) in [5.74, 6) is 0.441. The molecule has 2 N–H and O–H groups in total. The van der Waals surface area contributed by atoms with E-state index >= 15 is 0 Å². The van der Waals surface area contributed by atoms with Gasteiger partial charge in [-0.1, -0.05) is 24.3 Å². The molecule has 0 unspecified atom stereocenters. The van der Waals surface area contributed by atoms with E-state index in [0.717, 1.165) is 16.7 Å². The Labute approximate surface area is 99.8 Å². The van der Waals surface area contributed by atoms with Gasteiger partial charge in [-0.15, -0.1) is 0 Å². The zero-order chi connectivity index (χ0) is 12.3. The van der Waals surface area contributed by atoms with E-state index in [-0.39, 0.29) is 5.82 Å². The summed E-state index contributed by atoms with van der Waals surface area (Å²) in [4.78, 5) is 0. The van der Waals surface area contributed by atoms with Crippen molar-refractivity contribution in [3.63, 3.8) is 0 Å². The van der Waals surface area contributed by atoms with E-state index in [1.54, 1.807) is 13.2 Å². The van der Waals surface area contributed by atoms with Crippen molar-refractivity contribution in [2.45, 2.75) is 6.54 Å². The number of methoxy groups -OCH3 is 1. The first-order valence-electron chi connectivity index (χ1n) is 5.38. The van der Waals surface area contributed by atoms with Gasteiger partial charge in [0.1, 0.15) is 11.6 Å². The Bertz CT molecular complexity index is 525. The molecule has 2 aromatic carbocycles. The van der Waals surface area contributed by atoms with Crippen LogP contribution in [0.2, 0.25) is 0 Å². The van der Waals surface area contributed by atoms with Crippen LogP contribution in [0.25, 0.3) is 11.1 Å². The fourth-order valence-corrected chi connectivity index (χ4v) is 1.84. The van der Waals surface area contributed by atoms with Crippen LogP contribution in [0.15, 0.2) is 42.5 Å². The second-order valence-electron chi connectivity index (χ2n) is 3.71. The average Bonchev–Trinajstić information content (AvgIpc) is 2.38. The third kappa shape index (κ3) is 2.29. The molecule has 0 spiro atoms. The Morgan fingerprint density at radius 2 is 1.88 bits per heavy atom. The largest absolute Gasteiger partial charge is 0.496 e. The molecule has 0 fully saturated rings. The molecule has 0 amide bonds. The number of ether oxygens (including phenoxy) is 1. The third-order valence-electron chi connectivity index (χ3n) is 2.69. The van der Waals surface area contributed by atoms with Gasteiger partial charge >= 0.3 is 0 Å². The lowest BCUT2D eigenvalue weighted by Gasteiger charge is -2.12. The molecule has 0 radical (unpaired) electrons. The van der Waals surface area contributed by atoms with Crippen LogP contribution in [0, 0.1) is 5.82 Å². The summed E-state index contributed by atoms with van der Waals surface area (Å²) in [5.41, 5.74) is 8.20. The highest BCUT2D eigenvalue weighted by molar-refractivity contribution is 5.73. The molecule has 3 heteroatoms. The smallest absolute Gasteiger partial charge is 0.126 e. The van der Waals surface area contributed by atoms with Crippen molar-refractivity contribution in [1.82, 2.24) is 0 Å². The number of hydrogen-bond donors (Lipinski definition) is 1. The van der Waals surface area contributed by atoms with Crippen LogP contribution in [-0.4, -0.2) is 7.11 Å². The fourth-order valence-electron chi connectivity index (χ4n) is 1.84. The lowest BCUT2D eigenvalue weighted by molar-refractivity contribution is 0.416. The van der Waals surface area contributed by atoms with Crippen LogP contribution in [0.5, 0.6) is 5.75 Å². The second kappa shape index (κ2) is 4.97. The lowest BCUT2D eigenvalue weighted by Crippen LogP contribution is -2.00. The predicted molar refractivity (Wildman–Crippen MR) is 66.3 cm³/mol. The van der Waals surface area contributed by atoms with Gasteiger partial charge in [0.25, 0.3) is 0 Å². The van der Waals surface area contributed by atoms with E-state index in [1.165, 1.54) is 12.1 Å². The van der Waals surface area contributed by atoms with E-state index in [1.807, 2.05) is 24.3 Å². The summed E-state index contributed by atoms with van der Waals surface area (Å²) < 4.78 is 18.6. The fraction of sp³-hybridized carbons (Fsp3) is 0.143. The Hall–Kier alpha value is -1.87. The topological polar surface area (TPSA) is 35.2 Å². The predicted octanol–water partition coefficient (Wildman–Crippen LogP) is 2.96. The lowest BCUT2D eigenvalue weighted by atomic mass is 9.98. The first-order chi connectivity index (χ1) is 8.26. The van der Waals surface area contributed by atoms with E-state index < -0.39 is 0 Å². The van der Waals surface area contributed by atoms with Crippen LogP contribution < -0.4 is 10.5 Å². The van der Waals surface area contributed by atoms with Crippen molar-refractivity contribution < 1.29 is 9.13 Å². The Morgan fingerprint density at radius 1 is 1.12 bits per heavy atom. The minimum Gasteiger partial charge on any atom is -0.496 e. The molecule has 0 aliphatic heterocycles. The summed E-state index contributed by atoms with van der Waals surface area (Å²) in [5, 5.41) is 0. The summed E-state index contributed by atoms with van der Waals surface area (Å²) in [6.45, 7) is 0.369. The maximum absolute atomic E-state index is 13.3. The van der Waals surface area contributed by atoms with Crippen molar-refractivity contribution in [2.24, 2.45) is 5.73 Å². The van der Waals surface area contributed by atoms with Crippen LogP contribution in [-0.2, 0) is 6.54 Å². The van der Waals surface area contributed by atoms with Crippen LogP contribution in [0.1, 0.15) is 5.56 Å². The molecule has 2 rings (SSSR count). The SMILES string of the molecule is COc1ccccc1-c1cc(F)ccc1CN. The van der Waals surface area contributed by atoms with Crippen molar-refractivity contribution in [2.75, 3.05) is 7.11 Å². The Kier molecular flexibility index (Phi) is 3.40. The van der Waals surface area contributed by atoms with Crippen LogP contribution in [0.4, 0.5) is 4.39 Å². The minimum atomic E-state index is -0.275. The highest BCUT2D eigenvalue weighted by Crippen LogP contribution is 2.32. The molecule has 17 heavy (non-hydrogen) atoms. The van der Waals surface area contributed by atoms with E-state index in [9.17, 15) is 4.39 Å². The summed E-state index contributed by atoms with van der Waals surface area (Å²) in [6, 6.07) is 12.1. The van der Waals surface area contributed by atoms with E-state index in [4.69, 9.17) is 10.5 Å². The molecule has 0 saturated carbocycles. The maximum Gasteiger partial charge on any atom is 0.126 e. The second-order valence-corrected chi connectivity index (χ2v) is 3.71. The molecule has 0 heterocycles. The first-order valence-corrected chi connectivity index (χ1v) is 5.38. The Morgan fingerprint density at radius 3 is 2.59 bits per heavy atom. The van der Waals surface area contributed by atoms with Crippen molar-refractivity contribution in [3.8, 4) is 16.9 Å². The standard InChI is InChI=1S/C14H14FNO/c1-17-14-5-3-2-4-12(14)13-8-11(15)7-6-10(13)9-16/h2-8H,9,16H2,1H3. The number of para-hydroxylation sites is 1. The van der Waals surface area contributed by atoms with Gasteiger partial charge in [-0.25, -0.2) is 4.39 Å². The molecular formula is C14H14FNO. The van der Waals surface area contributed by atoms with Gasteiger partial charge in [-0.05, 0) is 29.3 Å². The van der Waals surface area contributed by atoms with Crippen LogP contribution in [0.3, 0.4) is 0 Å². The monoisotopic (exact) mass is 231 g/mol. The highest BCUT2D eigenvalue weighted by Gasteiger charge is 2.09. The van der Waals surface area contributed by atoms with Gasteiger partial charge < -0.3 is 10.5 Å². The van der Waals surface area contributed by atoms with Crippen molar-refractivity contribution in [3.05, 3.63) is 53.8 Å². The molecule has 0 atom stereocenters. The molecule has 88 valence electrons. The molecular weight excluding hydrogens is 217 g/mol. The maximum atomic E-state index is 13.3. The Balaban J connectivity index is 2.62. The van der Waals surface area contributed by atoms with E-state index in [0.29, 0.717) is 12.3 Å². The number of nitrogens with two attached hydrogens (primary N) is 1. The molecule has 2 nitrogen and oxygen atoms in total. The summed E-state index contributed by atoms with van der Waals surface area (Å²) in [7, 11) is 1.60. The van der Waals surface area contributed by atoms with Gasteiger partial charge in [0.2, 0.25) is 0 Å². The van der Waals surface area contributed by atoms with Crippen molar-refractivity contribution in [1.29, 1.82) is 0 Å². The third-order valence-corrected chi connectivity index (χ3v) is 2.69. The van der Waals surface area contributed by atoms with Gasteiger partial charge in [-0.2, -0.15) is 0 Å². The highest BCUT2D eigenvalue weighted by atomic mass is 19.1. The molecule has 0 aliphatic rings. The zero-order valence-electron chi connectivity index (χ0n) is 9.61. The number of halogens is 1. The minimum absolute atomic E-state index is 0.275. The normalized spacial score (nSPS) is 10.3. The quantitative estimate of drug-likeness (QED) is 0.881. The van der Waals surface area contributed by atoms with Crippen LogP contribution >= 0.6 is 0 Å². The zero-order valence-corrected chi connectivity index (χ0v) is 9.61. The molecule has 2 aromatic rings. The van der Waals surface area contributed by atoms with Gasteiger partial charge in [0.05, 0.1) is 7.11 Å². The van der Waals surface area contributed by atoms with Gasteiger partial charge in [0, 0.05) is 12.1 Å². The molecule has 0 bridgehead atoms.